The highest BCUT2D eigenvalue weighted by molar-refractivity contribution is 5.85. The van der Waals surface area contributed by atoms with E-state index in [1.54, 1.807) is 13.8 Å². The molecule has 0 spiro atoms. The number of hydrogen-bond donors (Lipinski definition) is 2. The van der Waals surface area contributed by atoms with Crippen molar-refractivity contribution in [2.24, 2.45) is 5.73 Å². The molecule has 5 heteroatoms. The molecule has 0 radical (unpaired) electrons. The van der Waals surface area contributed by atoms with Crippen molar-refractivity contribution < 1.29 is 14.7 Å². The summed E-state index contributed by atoms with van der Waals surface area (Å²) in [6.07, 6.45) is 1.21. The maximum atomic E-state index is 12.2. The molecule has 5 nitrogen and oxygen atoms in total. The minimum absolute atomic E-state index is 0.179. The molecule has 0 saturated carbocycles. The van der Waals surface area contributed by atoms with E-state index >= 15 is 0 Å². The quantitative estimate of drug-likeness (QED) is 0.786. The Labute approximate surface area is 119 Å². The Morgan fingerprint density at radius 2 is 1.85 bits per heavy atom. The van der Waals surface area contributed by atoms with Crippen LogP contribution in [0, 0.1) is 0 Å². The van der Waals surface area contributed by atoms with Crippen molar-refractivity contribution in [2.45, 2.75) is 38.8 Å². The van der Waals surface area contributed by atoms with Gasteiger partial charge in [0.15, 0.2) is 0 Å². The molecule has 1 amide bonds. The fourth-order valence-electron chi connectivity index (χ4n) is 1.96. The molecule has 110 valence electrons. The third kappa shape index (κ3) is 5.01. The second-order valence-electron chi connectivity index (χ2n) is 5.08. The normalized spacial score (nSPS) is 12.2. The van der Waals surface area contributed by atoms with E-state index in [9.17, 15) is 9.59 Å². The topological polar surface area (TPSA) is 83.6 Å². The Morgan fingerprint density at radius 3 is 2.35 bits per heavy atom. The molecule has 0 bridgehead atoms. The first-order chi connectivity index (χ1) is 9.41. The van der Waals surface area contributed by atoms with Crippen LogP contribution in [0.1, 0.15) is 25.8 Å². The number of carboxylic acids is 1. The number of aryl methyl sites for hydroxylation is 1. The van der Waals surface area contributed by atoms with Crippen molar-refractivity contribution in [3.8, 4) is 0 Å². The Morgan fingerprint density at radius 1 is 1.25 bits per heavy atom. The van der Waals surface area contributed by atoms with Gasteiger partial charge in [0.25, 0.3) is 0 Å². The number of carbonyl (C=O) groups is 2. The van der Waals surface area contributed by atoms with Crippen molar-refractivity contribution in [3.63, 3.8) is 0 Å². The lowest BCUT2D eigenvalue weighted by Gasteiger charge is -2.27. The van der Waals surface area contributed by atoms with Crippen molar-refractivity contribution in [2.75, 3.05) is 6.54 Å². The van der Waals surface area contributed by atoms with Gasteiger partial charge >= 0.3 is 5.97 Å². The predicted octanol–water partition coefficient (Wildman–Crippen LogP) is 1.27. The molecule has 20 heavy (non-hydrogen) atoms. The second kappa shape index (κ2) is 7.65. The molecule has 0 aliphatic heterocycles. The summed E-state index contributed by atoms with van der Waals surface area (Å²) in [7, 11) is 0. The average Bonchev–Trinajstić information content (AvgIpc) is 2.42. The van der Waals surface area contributed by atoms with Gasteiger partial charge in [-0.15, -0.1) is 0 Å². The van der Waals surface area contributed by atoms with E-state index in [1.165, 1.54) is 4.90 Å². The summed E-state index contributed by atoms with van der Waals surface area (Å²) < 4.78 is 0. The first-order valence-corrected chi connectivity index (χ1v) is 6.73. The Balaban J connectivity index is 2.58. The van der Waals surface area contributed by atoms with Crippen LogP contribution in [-0.2, 0) is 16.0 Å². The SMILES string of the molecule is CC(C)N(CC(=O)O)C(=O)[C@@H](N)CCc1ccccc1. The zero-order chi connectivity index (χ0) is 15.1. The number of nitrogens with two attached hydrogens (primary N) is 1. The van der Waals surface area contributed by atoms with Crippen LogP contribution in [0.4, 0.5) is 0 Å². The van der Waals surface area contributed by atoms with Gasteiger partial charge in [0.05, 0.1) is 6.04 Å². The highest BCUT2D eigenvalue weighted by atomic mass is 16.4. The molecular formula is C15H22N2O3. The molecule has 0 aromatic heterocycles. The number of amides is 1. The summed E-state index contributed by atoms with van der Waals surface area (Å²) in [5.41, 5.74) is 7.01. The molecule has 0 fully saturated rings. The van der Waals surface area contributed by atoms with Gasteiger partial charge in [-0.05, 0) is 32.3 Å². The van der Waals surface area contributed by atoms with Gasteiger partial charge in [0.1, 0.15) is 6.54 Å². The molecule has 0 aliphatic rings. The van der Waals surface area contributed by atoms with E-state index in [0.717, 1.165) is 5.56 Å². The van der Waals surface area contributed by atoms with Gasteiger partial charge in [-0.2, -0.15) is 0 Å². The van der Waals surface area contributed by atoms with E-state index < -0.39 is 12.0 Å². The summed E-state index contributed by atoms with van der Waals surface area (Å²) in [6, 6.07) is 8.92. The van der Waals surface area contributed by atoms with Gasteiger partial charge in [0, 0.05) is 6.04 Å². The maximum absolute atomic E-state index is 12.2. The fraction of sp³-hybridized carbons (Fsp3) is 0.467. The molecule has 0 unspecified atom stereocenters. The second-order valence-corrected chi connectivity index (χ2v) is 5.08. The van der Waals surface area contributed by atoms with E-state index in [-0.39, 0.29) is 18.5 Å². The van der Waals surface area contributed by atoms with Gasteiger partial charge < -0.3 is 15.7 Å². The summed E-state index contributed by atoms with van der Waals surface area (Å²) in [5.74, 6) is -1.33. The summed E-state index contributed by atoms with van der Waals surface area (Å²) >= 11 is 0. The summed E-state index contributed by atoms with van der Waals surface area (Å²) in [6.45, 7) is 3.26. The van der Waals surface area contributed by atoms with Crippen LogP contribution in [0.5, 0.6) is 0 Å². The first-order valence-electron chi connectivity index (χ1n) is 6.73. The molecular weight excluding hydrogens is 256 g/mol. The Hall–Kier alpha value is -1.88. The number of rotatable bonds is 7. The van der Waals surface area contributed by atoms with Crippen LogP contribution in [0.3, 0.4) is 0 Å². The Kier molecular flexibility index (Phi) is 6.18. The molecule has 1 rings (SSSR count). The number of carboxylic acid groups (broad SMARTS) is 1. The lowest BCUT2D eigenvalue weighted by molar-refractivity contribution is -0.146. The number of benzene rings is 1. The molecule has 0 heterocycles. The van der Waals surface area contributed by atoms with Crippen molar-refractivity contribution >= 4 is 11.9 Å². The smallest absolute Gasteiger partial charge is 0.323 e. The van der Waals surface area contributed by atoms with Gasteiger partial charge in [-0.1, -0.05) is 30.3 Å². The monoisotopic (exact) mass is 278 g/mol. The molecule has 3 N–H and O–H groups in total. The zero-order valence-corrected chi connectivity index (χ0v) is 12.0. The van der Waals surface area contributed by atoms with Crippen LogP contribution in [0.2, 0.25) is 0 Å². The van der Waals surface area contributed by atoms with E-state index in [1.807, 2.05) is 30.3 Å². The number of aliphatic carboxylic acids is 1. The number of nitrogens with zero attached hydrogens (tertiary/aromatic N) is 1. The third-order valence-electron chi connectivity index (χ3n) is 3.12. The van der Waals surface area contributed by atoms with Crippen molar-refractivity contribution in [1.82, 2.24) is 4.90 Å². The zero-order valence-electron chi connectivity index (χ0n) is 12.0. The molecule has 1 aromatic rings. The first kappa shape index (κ1) is 16.2. The predicted molar refractivity (Wildman–Crippen MR) is 77.2 cm³/mol. The lowest BCUT2D eigenvalue weighted by atomic mass is 10.0. The van der Waals surface area contributed by atoms with Crippen molar-refractivity contribution in [3.05, 3.63) is 35.9 Å². The van der Waals surface area contributed by atoms with E-state index in [2.05, 4.69) is 0 Å². The number of carbonyl (C=O) groups excluding carboxylic acids is 1. The van der Waals surface area contributed by atoms with Crippen LogP contribution in [-0.4, -0.2) is 40.5 Å². The van der Waals surface area contributed by atoms with E-state index in [0.29, 0.717) is 12.8 Å². The average molecular weight is 278 g/mol. The molecule has 0 aliphatic carbocycles. The van der Waals surface area contributed by atoms with Crippen LogP contribution < -0.4 is 5.73 Å². The fourth-order valence-corrected chi connectivity index (χ4v) is 1.96. The largest absolute Gasteiger partial charge is 0.480 e. The van der Waals surface area contributed by atoms with Gasteiger partial charge in [-0.25, -0.2) is 0 Å². The number of hydrogen-bond acceptors (Lipinski definition) is 3. The van der Waals surface area contributed by atoms with E-state index in [4.69, 9.17) is 10.8 Å². The Bertz CT molecular complexity index is 446. The lowest BCUT2D eigenvalue weighted by Crippen LogP contribution is -2.49. The molecule has 1 aromatic carbocycles. The molecule has 0 saturated heterocycles. The highest BCUT2D eigenvalue weighted by Gasteiger charge is 2.24. The van der Waals surface area contributed by atoms with Crippen LogP contribution >= 0.6 is 0 Å². The minimum atomic E-state index is -1.03. The van der Waals surface area contributed by atoms with Gasteiger partial charge in [0.2, 0.25) is 5.91 Å². The maximum Gasteiger partial charge on any atom is 0.323 e. The summed E-state index contributed by atoms with van der Waals surface area (Å²) in [5, 5.41) is 8.84. The van der Waals surface area contributed by atoms with Crippen molar-refractivity contribution in [1.29, 1.82) is 0 Å². The van der Waals surface area contributed by atoms with Crippen LogP contribution in [0.25, 0.3) is 0 Å². The third-order valence-corrected chi connectivity index (χ3v) is 3.12. The standard InChI is InChI=1S/C15H22N2O3/c1-11(2)17(10-14(18)19)15(20)13(16)9-8-12-6-4-3-5-7-12/h3-7,11,13H,8-10,16H2,1-2H3,(H,18,19)/t13-/m0/s1. The molecule has 1 atom stereocenters. The minimum Gasteiger partial charge on any atom is -0.480 e. The van der Waals surface area contributed by atoms with Crippen LogP contribution in [0.15, 0.2) is 30.3 Å². The van der Waals surface area contributed by atoms with Gasteiger partial charge in [-0.3, -0.25) is 9.59 Å². The summed E-state index contributed by atoms with van der Waals surface area (Å²) in [4.78, 5) is 24.3. The highest BCUT2D eigenvalue weighted by Crippen LogP contribution is 2.08.